The second-order valence-electron chi connectivity index (χ2n) is 3.26. The van der Waals surface area contributed by atoms with Gasteiger partial charge in [-0.15, -0.1) is 11.8 Å². The van der Waals surface area contributed by atoms with Gasteiger partial charge in [-0.1, -0.05) is 12.1 Å². The van der Waals surface area contributed by atoms with Crippen LogP contribution in [-0.4, -0.2) is 12.2 Å². The number of benzene rings is 1. The lowest BCUT2D eigenvalue weighted by molar-refractivity contribution is 0.0995. The highest BCUT2D eigenvalue weighted by molar-refractivity contribution is 9.10. The van der Waals surface area contributed by atoms with Gasteiger partial charge in [0.15, 0.2) is 10.4 Å². The summed E-state index contributed by atoms with van der Waals surface area (Å²) in [5.41, 5.74) is 0.789. The van der Waals surface area contributed by atoms with Crippen molar-refractivity contribution in [1.82, 2.24) is 0 Å². The summed E-state index contributed by atoms with van der Waals surface area (Å²) in [5, 5.41) is 2.82. The van der Waals surface area contributed by atoms with Crippen molar-refractivity contribution in [3.05, 3.63) is 46.8 Å². The van der Waals surface area contributed by atoms with E-state index in [9.17, 15) is 4.79 Å². The average Bonchev–Trinajstić information content (AvgIpc) is 2.77. The Kier molecular flexibility index (Phi) is 3.91. The van der Waals surface area contributed by atoms with E-state index in [0.29, 0.717) is 4.67 Å². The molecule has 0 unspecified atom stereocenters. The van der Waals surface area contributed by atoms with Crippen molar-refractivity contribution >= 4 is 39.3 Å². The minimum atomic E-state index is -0.253. The quantitative estimate of drug-likeness (QED) is 0.871. The van der Waals surface area contributed by atoms with E-state index in [1.54, 1.807) is 23.9 Å². The zero-order chi connectivity index (χ0) is 12.3. The van der Waals surface area contributed by atoms with Crippen molar-refractivity contribution in [2.24, 2.45) is 0 Å². The zero-order valence-electron chi connectivity index (χ0n) is 9.07. The van der Waals surface area contributed by atoms with E-state index in [4.69, 9.17) is 4.42 Å². The van der Waals surface area contributed by atoms with Gasteiger partial charge >= 0.3 is 0 Å². The van der Waals surface area contributed by atoms with Crippen LogP contribution in [0.2, 0.25) is 0 Å². The fourth-order valence-electron chi connectivity index (χ4n) is 1.37. The average molecular weight is 312 g/mol. The fraction of sp³-hybridized carbons (Fsp3) is 0.0833. The molecular formula is C12H10BrNO2S. The molecule has 2 aromatic rings. The number of nitrogens with one attached hydrogen (secondary N) is 1. The van der Waals surface area contributed by atoms with Gasteiger partial charge in [0.1, 0.15) is 0 Å². The predicted octanol–water partition coefficient (Wildman–Crippen LogP) is 4.02. The van der Waals surface area contributed by atoms with Gasteiger partial charge in [0.2, 0.25) is 0 Å². The van der Waals surface area contributed by atoms with E-state index >= 15 is 0 Å². The molecule has 1 N–H and O–H groups in total. The van der Waals surface area contributed by atoms with Crippen LogP contribution in [0.25, 0.3) is 0 Å². The molecule has 1 heterocycles. The third kappa shape index (κ3) is 2.92. The number of hydrogen-bond acceptors (Lipinski definition) is 3. The Labute approximate surface area is 112 Å². The van der Waals surface area contributed by atoms with Crippen LogP contribution in [0.15, 0.2) is 50.4 Å². The van der Waals surface area contributed by atoms with Gasteiger partial charge in [0, 0.05) is 4.90 Å². The summed E-state index contributed by atoms with van der Waals surface area (Å²) >= 11 is 4.75. The fourth-order valence-corrected chi connectivity index (χ4v) is 2.23. The molecular weight excluding hydrogens is 302 g/mol. The third-order valence-corrected chi connectivity index (χ3v) is 3.37. The second kappa shape index (κ2) is 5.42. The molecule has 0 atom stereocenters. The first-order chi connectivity index (χ1) is 8.20. The normalized spacial score (nSPS) is 10.2. The van der Waals surface area contributed by atoms with Crippen molar-refractivity contribution in [1.29, 1.82) is 0 Å². The Hall–Kier alpha value is -1.20. The number of carbonyl (C=O) groups is 1. The molecule has 0 saturated carbocycles. The smallest absolute Gasteiger partial charge is 0.291 e. The molecule has 0 fully saturated rings. The maximum absolute atomic E-state index is 11.9. The van der Waals surface area contributed by atoms with Gasteiger partial charge in [-0.05, 0) is 46.5 Å². The molecule has 0 aliphatic rings. The first-order valence-corrected chi connectivity index (χ1v) is 6.92. The van der Waals surface area contributed by atoms with Gasteiger partial charge < -0.3 is 9.73 Å². The molecule has 0 bridgehead atoms. The molecule has 2 rings (SSSR count). The number of furan rings is 1. The topological polar surface area (TPSA) is 42.2 Å². The first kappa shape index (κ1) is 12.3. The summed E-state index contributed by atoms with van der Waals surface area (Å²) < 4.78 is 5.73. The molecule has 0 aliphatic heterocycles. The summed E-state index contributed by atoms with van der Waals surface area (Å²) in [6, 6.07) is 11.0. The number of hydrogen-bond donors (Lipinski definition) is 1. The Morgan fingerprint density at radius 3 is 2.71 bits per heavy atom. The van der Waals surface area contributed by atoms with Crippen LogP contribution in [0.4, 0.5) is 5.69 Å². The lowest BCUT2D eigenvalue weighted by Crippen LogP contribution is -2.11. The number of halogens is 1. The van der Waals surface area contributed by atoms with Crippen LogP contribution in [0.5, 0.6) is 0 Å². The Morgan fingerprint density at radius 1 is 1.29 bits per heavy atom. The van der Waals surface area contributed by atoms with E-state index in [0.717, 1.165) is 10.6 Å². The minimum Gasteiger partial charge on any atom is -0.444 e. The monoisotopic (exact) mass is 311 g/mol. The molecule has 3 nitrogen and oxygen atoms in total. The Bertz CT molecular complexity index is 539. The standard InChI is InChI=1S/C12H10BrNO2S/c1-17-10-5-3-2-4-8(10)14-12(15)9-6-7-11(13)16-9/h2-7H,1H3,(H,14,15). The lowest BCUT2D eigenvalue weighted by Gasteiger charge is -2.07. The summed E-state index contributed by atoms with van der Waals surface area (Å²) in [6.45, 7) is 0. The van der Waals surface area contributed by atoms with Crippen molar-refractivity contribution < 1.29 is 9.21 Å². The number of rotatable bonds is 3. The van der Waals surface area contributed by atoms with Crippen molar-refractivity contribution in [2.75, 3.05) is 11.6 Å². The third-order valence-electron chi connectivity index (χ3n) is 2.15. The second-order valence-corrected chi connectivity index (χ2v) is 4.89. The maximum atomic E-state index is 11.9. The molecule has 5 heteroatoms. The van der Waals surface area contributed by atoms with Gasteiger partial charge in [0.05, 0.1) is 5.69 Å². The Morgan fingerprint density at radius 2 is 2.06 bits per heavy atom. The van der Waals surface area contributed by atoms with Gasteiger partial charge in [0.25, 0.3) is 5.91 Å². The SMILES string of the molecule is CSc1ccccc1NC(=O)c1ccc(Br)o1. The lowest BCUT2D eigenvalue weighted by atomic mass is 10.3. The van der Waals surface area contributed by atoms with Crippen LogP contribution < -0.4 is 5.32 Å². The van der Waals surface area contributed by atoms with E-state index < -0.39 is 0 Å². The number of anilines is 1. The van der Waals surface area contributed by atoms with Crippen molar-refractivity contribution in [3.8, 4) is 0 Å². The largest absolute Gasteiger partial charge is 0.444 e. The van der Waals surface area contributed by atoms with Gasteiger partial charge in [-0.25, -0.2) is 0 Å². The van der Waals surface area contributed by atoms with Gasteiger partial charge in [-0.3, -0.25) is 4.79 Å². The zero-order valence-corrected chi connectivity index (χ0v) is 11.5. The molecule has 17 heavy (non-hydrogen) atoms. The molecule has 0 aliphatic carbocycles. The number of para-hydroxylation sites is 1. The molecule has 0 saturated heterocycles. The molecule has 1 aromatic carbocycles. The first-order valence-electron chi connectivity index (χ1n) is 4.90. The van der Waals surface area contributed by atoms with Crippen LogP contribution >= 0.6 is 27.7 Å². The minimum absolute atomic E-state index is 0.253. The molecule has 88 valence electrons. The summed E-state index contributed by atoms with van der Waals surface area (Å²) in [7, 11) is 0. The highest BCUT2D eigenvalue weighted by atomic mass is 79.9. The maximum Gasteiger partial charge on any atom is 0.291 e. The summed E-state index contributed by atoms with van der Waals surface area (Å²) in [6.07, 6.45) is 1.97. The highest BCUT2D eigenvalue weighted by Crippen LogP contribution is 2.25. The number of thioether (sulfide) groups is 1. The van der Waals surface area contributed by atoms with Crippen LogP contribution in [-0.2, 0) is 0 Å². The number of carbonyl (C=O) groups excluding carboxylic acids is 1. The van der Waals surface area contributed by atoms with E-state index in [2.05, 4.69) is 21.2 Å². The van der Waals surface area contributed by atoms with Crippen molar-refractivity contribution in [3.63, 3.8) is 0 Å². The van der Waals surface area contributed by atoms with E-state index in [1.165, 1.54) is 0 Å². The Balaban J connectivity index is 2.18. The number of amides is 1. The summed E-state index contributed by atoms with van der Waals surface area (Å²) in [4.78, 5) is 12.9. The molecule has 1 amide bonds. The molecule has 0 radical (unpaired) electrons. The van der Waals surface area contributed by atoms with Crippen LogP contribution in [0.3, 0.4) is 0 Å². The highest BCUT2D eigenvalue weighted by Gasteiger charge is 2.12. The van der Waals surface area contributed by atoms with E-state index in [-0.39, 0.29) is 11.7 Å². The molecule has 1 aromatic heterocycles. The summed E-state index contributed by atoms with van der Waals surface area (Å²) in [5.74, 6) is 0.0324. The van der Waals surface area contributed by atoms with Crippen LogP contribution in [0, 0.1) is 0 Å². The van der Waals surface area contributed by atoms with Gasteiger partial charge in [-0.2, -0.15) is 0 Å². The molecule has 0 spiro atoms. The van der Waals surface area contributed by atoms with E-state index in [1.807, 2.05) is 30.5 Å². The van der Waals surface area contributed by atoms with Crippen molar-refractivity contribution in [2.45, 2.75) is 4.90 Å². The predicted molar refractivity (Wildman–Crippen MR) is 72.6 cm³/mol. The van der Waals surface area contributed by atoms with Crippen LogP contribution in [0.1, 0.15) is 10.6 Å².